The van der Waals surface area contributed by atoms with Crippen LogP contribution >= 0.6 is 27.7 Å². The predicted octanol–water partition coefficient (Wildman–Crippen LogP) is 4.57. The lowest BCUT2D eigenvalue weighted by molar-refractivity contribution is 0.284. The van der Waals surface area contributed by atoms with Crippen LogP contribution in [0.5, 0.6) is 5.75 Å². The molecule has 0 saturated carbocycles. The van der Waals surface area contributed by atoms with Crippen molar-refractivity contribution in [2.75, 3.05) is 12.4 Å². The molecule has 2 aromatic carbocycles. The first-order chi connectivity index (χ1) is 10.2. The Balaban J connectivity index is 1.72. The van der Waals surface area contributed by atoms with Gasteiger partial charge in [-0.3, -0.25) is 0 Å². The molecule has 0 amide bonds. The van der Waals surface area contributed by atoms with Gasteiger partial charge in [-0.2, -0.15) is 0 Å². The number of rotatable bonds is 4. The minimum Gasteiger partial charge on any atom is -0.493 e. The lowest BCUT2D eigenvalue weighted by Crippen LogP contribution is -2.18. The van der Waals surface area contributed by atoms with Crippen molar-refractivity contribution in [1.29, 1.82) is 0 Å². The Morgan fingerprint density at radius 3 is 2.95 bits per heavy atom. The van der Waals surface area contributed by atoms with Gasteiger partial charge in [-0.15, -0.1) is 11.8 Å². The number of aryl methyl sites for hydroxylation is 1. The highest BCUT2D eigenvalue weighted by Crippen LogP contribution is 2.34. The maximum absolute atomic E-state index is 6.39. The van der Waals surface area contributed by atoms with Crippen LogP contribution in [0.4, 0.5) is 0 Å². The van der Waals surface area contributed by atoms with Crippen molar-refractivity contribution in [3.63, 3.8) is 0 Å². The highest BCUT2D eigenvalue weighted by atomic mass is 79.9. The number of hydrogen-bond acceptors (Lipinski definition) is 3. The van der Waals surface area contributed by atoms with Gasteiger partial charge < -0.3 is 10.5 Å². The third-order valence-corrected chi connectivity index (χ3v) is 5.20. The van der Waals surface area contributed by atoms with E-state index in [4.69, 9.17) is 10.5 Å². The van der Waals surface area contributed by atoms with Crippen molar-refractivity contribution in [1.82, 2.24) is 0 Å². The molecule has 1 heterocycles. The van der Waals surface area contributed by atoms with E-state index in [1.165, 1.54) is 10.5 Å². The van der Waals surface area contributed by atoms with Crippen LogP contribution in [-0.2, 0) is 6.42 Å². The summed E-state index contributed by atoms with van der Waals surface area (Å²) in [7, 11) is 0. The Bertz CT molecular complexity index is 632. The fourth-order valence-corrected chi connectivity index (χ4v) is 4.03. The fourth-order valence-electron chi connectivity index (χ4n) is 2.54. The smallest absolute Gasteiger partial charge is 0.127 e. The van der Waals surface area contributed by atoms with E-state index in [2.05, 4.69) is 46.3 Å². The van der Waals surface area contributed by atoms with E-state index in [0.717, 1.165) is 41.0 Å². The van der Waals surface area contributed by atoms with E-state index < -0.39 is 0 Å². The summed E-state index contributed by atoms with van der Waals surface area (Å²) < 4.78 is 6.95. The second kappa shape index (κ2) is 6.86. The third-order valence-electron chi connectivity index (χ3n) is 3.59. The number of para-hydroxylation sites is 1. The second-order valence-electron chi connectivity index (χ2n) is 5.16. The van der Waals surface area contributed by atoms with Crippen LogP contribution in [0.25, 0.3) is 0 Å². The maximum atomic E-state index is 6.39. The number of benzene rings is 2. The number of fused-ring (bicyclic) bond motifs is 1. The molecule has 0 bridgehead atoms. The Hall–Kier alpha value is -0.970. The molecule has 2 nitrogen and oxygen atoms in total. The van der Waals surface area contributed by atoms with Gasteiger partial charge in [-0.1, -0.05) is 40.2 Å². The number of nitrogens with two attached hydrogens (primary N) is 1. The summed E-state index contributed by atoms with van der Waals surface area (Å²) in [6.45, 7) is 0.801. The lowest BCUT2D eigenvalue weighted by Gasteiger charge is -2.23. The van der Waals surface area contributed by atoms with Gasteiger partial charge in [-0.25, -0.2) is 0 Å². The summed E-state index contributed by atoms with van der Waals surface area (Å²) in [5, 5.41) is 0. The van der Waals surface area contributed by atoms with Crippen molar-refractivity contribution in [2.45, 2.75) is 23.8 Å². The Labute approximate surface area is 138 Å². The Morgan fingerprint density at radius 2 is 2.10 bits per heavy atom. The molecule has 0 fully saturated rings. The molecule has 0 saturated heterocycles. The topological polar surface area (TPSA) is 35.2 Å². The molecule has 1 atom stereocenters. The van der Waals surface area contributed by atoms with Crippen LogP contribution in [-0.4, -0.2) is 12.4 Å². The molecule has 110 valence electrons. The van der Waals surface area contributed by atoms with E-state index in [1.54, 1.807) is 11.8 Å². The molecule has 1 aliphatic rings. The first-order valence-corrected chi connectivity index (χ1v) is 8.90. The standard InChI is InChI=1S/C17H18BrNOS/c18-13-6-2-7-14(10-13)21-11-16(19)15-8-1-4-12-5-3-9-20-17(12)15/h1-2,4,6-8,10,16H,3,5,9,11,19H2. The van der Waals surface area contributed by atoms with Gasteiger partial charge in [-0.05, 0) is 36.6 Å². The Kier molecular flexibility index (Phi) is 4.88. The molecule has 0 aliphatic carbocycles. The van der Waals surface area contributed by atoms with Crippen LogP contribution in [0.2, 0.25) is 0 Å². The third kappa shape index (κ3) is 3.62. The monoisotopic (exact) mass is 363 g/mol. The zero-order chi connectivity index (χ0) is 14.7. The molecule has 2 aromatic rings. The number of hydrogen-bond donors (Lipinski definition) is 1. The lowest BCUT2D eigenvalue weighted by atomic mass is 9.99. The van der Waals surface area contributed by atoms with Crippen LogP contribution in [0.3, 0.4) is 0 Å². The normalized spacial score (nSPS) is 15.1. The van der Waals surface area contributed by atoms with Gasteiger partial charge in [0.05, 0.1) is 6.61 Å². The second-order valence-corrected chi connectivity index (χ2v) is 7.17. The van der Waals surface area contributed by atoms with Crippen LogP contribution in [0.15, 0.2) is 51.8 Å². The first kappa shape index (κ1) is 14.9. The maximum Gasteiger partial charge on any atom is 0.127 e. The van der Waals surface area contributed by atoms with E-state index in [0.29, 0.717) is 0 Å². The minimum atomic E-state index is -0.0120. The van der Waals surface area contributed by atoms with Gasteiger partial charge >= 0.3 is 0 Å². The van der Waals surface area contributed by atoms with E-state index in [-0.39, 0.29) is 6.04 Å². The van der Waals surface area contributed by atoms with Gasteiger partial charge in [0, 0.05) is 26.7 Å². The Morgan fingerprint density at radius 1 is 1.24 bits per heavy atom. The van der Waals surface area contributed by atoms with Crippen molar-refractivity contribution in [3.8, 4) is 5.75 Å². The van der Waals surface area contributed by atoms with Gasteiger partial charge in [0.15, 0.2) is 0 Å². The average molecular weight is 364 g/mol. The molecule has 2 N–H and O–H groups in total. The van der Waals surface area contributed by atoms with Crippen LogP contribution < -0.4 is 10.5 Å². The first-order valence-electron chi connectivity index (χ1n) is 7.12. The largest absolute Gasteiger partial charge is 0.493 e. The number of thioether (sulfide) groups is 1. The highest BCUT2D eigenvalue weighted by molar-refractivity contribution is 9.10. The molecule has 4 heteroatoms. The minimum absolute atomic E-state index is 0.0120. The zero-order valence-corrected chi connectivity index (χ0v) is 14.1. The molecular weight excluding hydrogens is 346 g/mol. The molecule has 1 aliphatic heterocycles. The SMILES string of the molecule is NC(CSc1cccc(Br)c1)c1cccc2c1OCCC2. The average Bonchev–Trinajstić information content (AvgIpc) is 2.52. The fraction of sp³-hybridized carbons (Fsp3) is 0.294. The quantitative estimate of drug-likeness (QED) is 0.808. The summed E-state index contributed by atoms with van der Waals surface area (Å²) in [5.41, 5.74) is 8.82. The molecular formula is C17H18BrNOS. The highest BCUT2D eigenvalue weighted by Gasteiger charge is 2.18. The summed E-state index contributed by atoms with van der Waals surface area (Å²) in [6.07, 6.45) is 2.19. The van der Waals surface area contributed by atoms with Gasteiger partial charge in [0.2, 0.25) is 0 Å². The van der Waals surface area contributed by atoms with Crippen LogP contribution in [0.1, 0.15) is 23.6 Å². The molecule has 0 spiro atoms. The van der Waals surface area contributed by atoms with Crippen molar-refractivity contribution >= 4 is 27.7 Å². The van der Waals surface area contributed by atoms with Crippen LogP contribution in [0, 0.1) is 0 Å². The van der Waals surface area contributed by atoms with E-state index >= 15 is 0 Å². The molecule has 0 radical (unpaired) electrons. The van der Waals surface area contributed by atoms with E-state index in [9.17, 15) is 0 Å². The summed E-state index contributed by atoms with van der Waals surface area (Å²) in [5.74, 6) is 1.86. The van der Waals surface area contributed by atoms with Gasteiger partial charge in [0.1, 0.15) is 5.75 Å². The molecule has 1 unspecified atom stereocenters. The van der Waals surface area contributed by atoms with E-state index in [1.807, 2.05) is 12.1 Å². The predicted molar refractivity (Wildman–Crippen MR) is 92.1 cm³/mol. The molecule has 21 heavy (non-hydrogen) atoms. The number of halogens is 1. The van der Waals surface area contributed by atoms with Crippen molar-refractivity contribution in [2.24, 2.45) is 5.73 Å². The molecule has 3 rings (SSSR count). The summed E-state index contributed by atoms with van der Waals surface area (Å²) >= 11 is 5.28. The number of ether oxygens (including phenoxy) is 1. The van der Waals surface area contributed by atoms with Crippen molar-refractivity contribution < 1.29 is 4.74 Å². The zero-order valence-electron chi connectivity index (χ0n) is 11.7. The molecule has 0 aromatic heterocycles. The summed E-state index contributed by atoms with van der Waals surface area (Å²) in [6, 6.07) is 14.6. The summed E-state index contributed by atoms with van der Waals surface area (Å²) in [4.78, 5) is 1.23. The van der Waals surface area contributed by atoms with Crippen molar-refractivity contribution in [3.05, 3.63) is 58.1 Å². The van der Waals surface area contributed by atoms with Gasteiger partial charge in [0.25, 0.3) is 0 Å².